The maximum Gasteiger partial charge on any atom is 0.259 e. The first-order chi connectivity index (χ1) is 11.1. The largest absolute Gasteiger partial charge is 0.290 e. The van der Waals surface area contributed by atoms with Crippen LogP contribution in [-0.2, 0) is 0 Å². The zero-order valence-corrected chi connectivity index (χ0v) is 12.7. The van der Waals surface area contributed by atoms with Crippen molar-refractivity contribution in [2.45, 2.75) is 13.8 Å². The normalized spacial score (nSPS) is 10.3. The third-order valence-corrected chi connectivity index (χ3v) is 3.12. The zero-order chi connectivity index (χ0) is 16.2. The molecule has 7 nitrogen and oxygen atoms in total. The number of nitrogens with zero attached hydrogens (tertiary/aromatic N) is 5. The van der Waals surface area contributed by atoms with Crippen LogP contribution in [0, 0.1) is 13.8 Å². The van der Waals surface area contributed by atoms with Gasteiger partial charge in [0, 0.05) is 18.1 Å². The molecule has 0 saturated carbocycles. The number of anilines is 1. The van der Waals surface area contributed by atoms with Gasteiger partial charge in [-0.1, -0.05) is 6.07 Å². The van der Waals surface area contributed by atoms with Crippen LogP contribution in [0.4, 0.5) is 5.95 Å². The molecule has 7 heteroatoms. The van der Waals surface area contributed by atoms with E-state index in [1.807, 2.05) is 12.1 Å². The highest BCUT2D eigenvalue weighted by atomic mass is 16.1. The summed E-state index contributed by atoms with van der Waals surface area (Å²) in [5, 5.41) is 2.68. The van der Waals surface area contributed by atoms with Gasteiger partial charge in [-0.2, -0.15) is 9.97 Å². The quantitative estimate of drug-likeness (QED) is 0.797. The molecule has 0 aliphatic rings. The topological polar surface area (TPSA) is 93.6 Å². The van der Waals surface area contributed by atoms with Crippen LogP contribution < -0.4 is 5.32 Å². The van der Waals surface area contributed by atoms with Crippen LogP contribution in [0.15, 0.2) is 42.7 Å². The number of aryl methyl sites for hydroxylation is 2. The molecule has 0 aliphatic heterocycles. The fraction of sp³-hybridized carbons (Fsp3) is 0.125. The minimum Gasteiger partial charge on any atom is -0.290 e. The van der Waals surface area contributed by atoms with E-state index in [0.717, 1.165) is 0 Å². The lowest BCUT2D eigenvalue weighted by Crippen LogP contribution is -2.17. The summed E-state index contributed by atoms with van der Waals surface area (Å²) < 4.78 is 0. The van der Waals surface area contributed by atoms with Crippen molar-refractivity contribution in [2.75, 3.05) is 5.32 Å². The Balaban J connectivity index is 1.91. The van der Waals surface area contributed by atoms with Gasteiger partial charge >= 0.3 is 0 Å². The molecule has 0 spiro atoms. The van der Waals surface area contributed by atoms with Crippen LogP contribution in [0.3, 0.4) is 0 Å². The summed E-state index contributed by atoms with van der Waals surface area (Å²) >= 11 is 0. The smallest absolute Gasteiger partial charge is 0.259 e. The molecule has 0 radical (unpaired) electrons. The highest BCUT2D eigenvalue weighted by molar-refractivity contribution is 6.04. The Kier molecular flexibility index (Phi) is 4.01. The number of nitrogens with one attached hydrogen (secondary N) is 1. The van der Waals surface area contributed by atoms with Crippen molar-refractivity contribution in [3.63, 3.8) is 0 Å². The highest BCUT2D eigenvalue weighted by Crippen LogP contribution is 2.14. The van der Waals surface area contributed by atoms with Gasteiger partial charge in [0.15, 0.2) is 5.82 Å². The van der Waals surface area contributed by atoms with Crippen molar-refractivity contribution in [3.05, 3.63) is 59.8 Å². The van der Waals surface area contributed by atoms with Crippen molar-refractivity contribution in [1.82, 2.24) is 24.9 Å². The second kappa shape index (κ2) is 6.27. The second-order valence-electron chi connectivity index (χ2n) is 4.84. The molecule has 3 heterocycles. The molecule has 114 valence electrons. The second-order valence-corrected chi connectivity index (χ2v) is 4.84. The van der Waals surface area contributed by atoms with E-state index in [-0.39, 0.29) is 11.9 Å². The van der Waals surface area contributed by atoms with E-state index in [4.69, 9.17) is 0 Å². The van der Waals surface area contributed by atoms with Crippen molar-refractivity contribution in [3.8, 4) is 11.5 Å². The molecule has 0 aliphatic carbocycles. The first kappa shape index (κ1) is 14.7. The van der Waals surface area contributed by atoms with E-state index in [9.17, 15) is 4.79 Å². The Morgan fingerprint density at radius 3 is 2.52 bits per heavy atom. The summed E-state index contributed by atoms with van der Waals surface area (Å²) in [4.78, 5) is 33.3. The SMILES string of the molecule is Cc1nc(NC(=O)c2cccnc2C)nc(-c2ccccn2)n1. The highest BCUT2D eigenvalue weighted by Gasteiger charge is 2.13. The van der Waals surface area contributed by atoms with Gasteiger partial charge in [0.1, 0.15) is 11.5 Å². The lowest BCUT2D eigenvalue weighted by atomic mass is 10.2. The van der Waals surface area contributed by atoms with Gasteiger partial charge in [0.05, 0.1) is 5.56 Å². The summed E-state index contributed by atoms with van der Waals surface area (Å²) in [7, 11) is 0. The zero-order valence-electron chi connectivity index (χ0n) is 12.7. The van der Waals surface area contributed by atoms with Gasteiger partial charge in [0.25, 0.3) is 5.91 Å². The van der Waals surface area contributed by atoms with Gasteiger partial charge in [-0.05, 0) is 38.1 Å². The van der Waals surface area contributed by atoms with Crippen LogP contribution in [0.2, 0.25) is 0 Å². The number of pyridine rings is 2. The van der Waals surface area contributed by atoms with Gasteiger partial charge in [0.2, 0.25) is 5.95 Å². The summed E-state index contributed by atoms with van der Waals surface area (Å²) in [6.07, 6.45) is 3.30. The molecule has 0 bridgehead atoms. The van der Waals surface area contributed by atoms with Gasteiger partial charge < -0.3 is 0 Å². The summed E-state index contributed by atoms with van der Waals surface area (Å²) in [5.74, 6) is 0.787. The van der Waals surface area contributed by atoms with E-state index in [0.29, 0.717) is 28.6 Å². The Bertz CT molecular complexity index is 850. The number of rotatable bonds is 3. The monoisotopic (exact) mass is 306 g/mol. The number of amides is 1. The number of hydrogen-bond acceptors (Lipinski definition) is 6. The third-order valence-electron chi connectivity index (χ3n) is 3.12. The minimum absolute atomic E-state index is 0.186. The van der Waals surface area contributed by atoms with Crippen LogP contribution in [0.25, 0.3) is 11.5 Å². The first-order valence-corrected chi connectivity index (χ1v) is 7.00. The van der Waals surface area contributed by atoms with E-state index in [2.05, 4.69) is 30.2 Å². The number of hydrogen-bond donors (Lipinski definition) is 1. The molecule has 0 atom stereocenters. The van der Waals surface area contributed by atoms with Crippen molar-refractivity contribution < 1.29 is 4.79 Å². The average molecular weight is 306 g/mol. The van der Waals surface area contributed by atoms with E-state index in [1.165, 1.54) is 0 Å². The molecule has 3 rings (SSSR count). The molecule has 23 heavy (non-hydrogen) atoms. The maximum atomic E-state index is 12.3. The van der Waals surface area contributed by atoms with Crippen LogP contribution >= 0.6 is 0 Å². The van der Waals surface area contributed by atoms with Crippen molar-refractivity contribution in [2.24, 2.45) is 0 Å². The molecule has 0 aromatic carbocycles. The lowest BCUT2D eigenvalue weighted by molar-refractivity contribution is 0.102. The molecule has 0 saturated heterocycles. The van der Waals surface area contributed by atoms with Crippen molar-refractivity contribution >= 4 is 11.9 Å². The van der Waals surface area contributed by atoms with Crippen LogP contribution in [0.1, 0.15) is 21.9 Å². The predicted molar refractivity (Wildman–Crippen MR) is 84.7 cm³/mol. The first-order valence-electron chi connectivity index (χ1n) is 7.00. The summed E-state index contributed by atoms with van der Waals surface area (Å²) in [6, 6.07) is 8.86. The van der Waals surface area contributed by atoms with Gasteiger partial charge in [-0.15, -0.1) is 0 Å². The molecule has 1 amide bonds. The molecule has 3 aromatic heterocycles. The Morgan fingerprint density at radius 2 is 1.78 bits per heavy atom. The molecule has 0 fully saturated rings. The van der Waals surface area contributed by atoms with E-state index in [1.54, 1.807) is 44.4 Å². The Labute approximate surface area is 132 Å². The molecular formula is C16H14N6O. The Hall–Kier alpha value is -3.22. The molecular weight excluding hydrogens is 292 g/mol. The fourth-order valence-electron chi connectivity index (χ4n) is 2.04. The van der Waals surface area contributed by atoms with E-state index < -0.39 is 0 Å². The van der Waals surface area contributed by atoms with Crippen molar-refractivity contribution in [1.29, 1.82) is 0 Å². The summed E-state index contributed by atoms with van der Waals surface area (Å²) in [6.45, 7) is 3.51. The Morgan fingerprint density at radius 1 is 0.957 bits per heavy atom. The predicted octanol–water partition coefficient (Wildman–Crippen LogP) is 2.20. The van der Waals surface area contributed by atoms with E-state index >= 15 is 0 Å². The average Bonchev–Trinajstić information content (AvgIpc) is 2.55. The van der Waals surface area contributed by atoms with Crippen LogP contribution in [-0.4, -0.2) is 30.8 Å². The molecule has 0 unspecified atom stereocenters. The lowest BCUT2D eigenvalue weighted by Gasteiger charge is -2.07. The van der Waals surface area contributed by atoms with Gasteiger partial charge in [-0.3, -0.25) is 20.1 Å². The maximum absolute atomic E-state index is 12.3. The molecule has 1 N–H and O–H groups in total. The van der Waals surface area contributed by atoms with Crippen LogP contribution in [0.5, 0.6) is 0 Å². The van der Waals surface area contributed by atoms with Gasteiger partial charge in [-0.25, -0.2) is 4.98 Å². The third kappa shape index (κ3) is 3.34. The number of aromatic nitrogens is 5. The number of carbonyl (C=O) groups is 1. The summed E-state index contributed by atoms with van der Waals surface area (Å²) in [5.41, 5.74) is 1.73. The fourth-order valence-corrected chi connectivity index (χ4v) is 2.04. The standard InChI is InChI=1S/C16H14N6O/c1-10-12(6-5-9-17-10)15(23)22-16-20-11(2)19-14(21-16)13-7-3-4-8-18-13/h3-9H,1-2H3,(H,19,20,21,22,23). The molecule has 3 aromatic rings. The minimum atomic E-state index is -0.312. The number of carbonyl (C=O) groups excluding carboxylic acids is 1.